The van der Waals surface area contributed by atoms with Crippen molar-refractivity contribution in [3.8, 4) is 0 Å². The van der Waals surface area contributed by atoms with Crippen LogP contribution in [0.25, 0.3) is 0 Å². The van der Waals surface area contributed by atoms with E-state index in [0.29, 0.717) is 0 Å². The van der Waals surface area contributed by atoms with Crippen molar-refractivity contribution in [3.63, 3.8) is 0 Å². The number of hydrogen-bond acceptors (Lipinski definition) is 4. The highest BCUT2D eigenvalue weighted by atomic mass is 15.2. The van der Waals surface area contributed by atoms with Crippen LogP contribution in [0.4, 0.5) is 5.82 Å². The average Bonchev–Trinajstić information content (AvgIpc) is 3.14. The topological polar surface area (TPSA) is 41.1 Å². The molecule has 94 valence electrons. The molecule has 0 amide bonds. The molecule has 0 bridgehead atoms. The van der Waals surface area contributed by atoms with Gasteiger partial charge in [-0.3, -0.25) is 4.98 Å². The Morgan fingerprint density at radius 3 is 2.76 bits per heavy atom. The van der Waals surface area contributed by atoms with E-state index in [-0.39, 0.29) is 0 Å². The van der Waals surface area contributed by atoms with Crippen LogP contribution < -0.4 is 10.2 Å². The Morgan fingerprint density at radius 1 is 1.35 bits per heavy atom. The van der Waals surface area contributed by atoms with Crippen LogP contribution in [-0.2, 0) is 6.54 Å². The van der Waals surface area contributed by atoms with E-state index in [1.165, 1.54) is 12.8 Å². The quantitative estimate of drug-likeness (QED) is 0.731. The van der Waals surface area contributed by atoms with E-state index < -0.39 is 0 Å². The van der Waals surface area contributed by atoms with Gasteiger partial charge in [0.2, 0.25) is 0 Å². The van der Waals surface area contributed by atoms with E-state index in [1.54, 1.807) is 0 Å². The molecule has 0 radical (unpaired) electrons. The van der Waals surface area contributed by atoms with Gasteiger partial charge in [-0.05, 0) is 31.7 Å². The molecule has 17 heavy (non-hydrogen) atoms. The fourth-order valence-corrected chi connectivity index (χ4v) is 1.81. The number of anilines is 1. The Labute approximate surface area is 103 Å². The van der Waals surface area contributed by atoms with Crippen molar-refractivity contribution in [2.24, 2.45) is 5.92 Å². The SMILES string of the molecule is CCCNCc1cnc(N(C)CC2CC2)cn1. The molecule has 1 heterocycles. The molecule has 1 aliphatic rings. The maximum atomic E-state index is 4.46. The summed E-state index contributed by atoms with van der Waals surface area (Å²) in [6.45, 7) is 5.12. The standard InChI is InChI=1S/C13H22N4/c1-3-6-14-7-12-8-16-13(9-15-12)17(2)10-11-4-5-11/h8-9,11,14H,3-7,10H2,1-2H3. The van der Waals surface area contributed by atoms with Crippen molar-refractivity contribution in [1.29, 1.82) is 0 Å². The summed E-state index contributed by atoms with van der Waals surface area (Å²) in [5.41, 5.74) is 1.02. The van der Waals surface area contributed by atoms with Gasteiger partial charge in [-0.2, -0.15) is 0 Å². The van der Waals surface area contributed by atoms with Crippen molar-refractivity contribution >= 4 is 5.82 Å². The lowest BCUT2D eigenvalue weighted by atomic mass is 10.4. The second-order valence-electron chi connectivity index (χ2n) is 4.87. The molecular weight excluding hydrogens is 212 g/mol. The fraction of sp³-hybridized carbons (Fsp3) is 0.692. The third-order valence-corrected chi connectivity index (χ3v) is 3.04. The molecule has 4 nitrogen and oxygen atoms in total. The zero-order valence-electron chi connectivity index (χ0n) is 10.8. The molecule has 1 aromatic rings. The van der Waals surface area contributed by atoms with Gasteiger partial charge in [0.15, 0.2) is 0 Å². The second-order valence-corrected chi connectivity index (χ2v) is 4.87. The van der Waals surface area contributed by atoms with E-state index in [0.717, 1.165) is 43.5 Å². The summed E-state index contributed by atoms with van der Waals surface area (Å²) in [6, 6.07) is 0. The van der Waals surface area contributed by atoms with Gasteiger partial charge in [-0.1, -0.05) is 6.92 Å². The van der Waals surface area contributed by atoms with E-state index in [4.69, 9.17) is 0 Å². The molecule has 1 N–H and O–H groups in total. The zero-order chi connectivity index (χ0) is 12.1. The number of nitrogens with one attached hydrogen (secondary N) is 1. The largest absolute Gasteiger partial charge is 0.358 e. The molecular formula is C13H22N4. The van der Waals surface area contributed by atoms with Crippen LogP contribution in [0.1, 0.15) is 31.9 Å². The Hall–Kier alpha value is -1.16. The maximum Gasteiger partial charge on any atom is 0.146 e. The van der Waals surface area contributed by atoms with Crippen LogP contribution in [0.15, 0.2) is 12.4 Å². The lowest BCUT2D eigenvalue weighted by Gasteiger charge is -2.17. The van der Waals surface area contributed by atoms with E-state index >= 15 is 0 Å². The summed E-state index contributed by atoms with van der Waals surface area (Å²) in [6.07, 6.45) is 7.65. The van der Waals surface area contributed by atoms with E-state index in [1.807, 2.05) is 12.4 Å². The Morgan fingerprint density at radius 2 is 2.18 bits per heavy atom. The van der Waals surface area contributed by atoms with Crippen molar-refractivity contribution < 1.29 is 0 Å². The first-order valence-corrected chi connectivity index (χ1v) is 6.52. The first kappa shape index (κ1) is 12.3. The lowest BCUT2D eigenvalue weighted by molar-refractivity contribution is 0.661. The molecule has 0 saturated heterocycles. The van der Waals surface area contributed by atoms with Gasteiger partial charge in [-0.25, -0.2) is 4.98 Å². The smallest absolute Gasteiger partial charge is 0.146 e. The fourth-order valence-electron chi connectivity index (χ4n) is 1.81. The molecule has 1 aromatic heterocycles. The molecule has 1 aliphatic carbocycles. The van der Waals surface area contributed by atoms with Crippen molar-refractivity contribution in [1.82, 2.24) is 15.3 Å². The Kier molecular flexibility index (Phi) is 4.31. The number of rotatable bonds is 7. The highest BCUT2D eigenvalue weighted by molar-refractivity contribution is 5.34. The lowest BCUT2D eigenvalue weighted by Crippen LogP contribution is -2.22. The molecule has 0 aromatic carbocycles. The number of hydrogen-bond donors (Lipinski definition) is 1. The number of aromatic nitrogens is 2. The van der Waals surface area contributed by atoms with Crippen molar-refractivity contribution in [2.45, 2.75) is 32.7 Å². The summed E-state index contributed by atoms with van der Waals surface area (Å²) in [5, 5.41) is 3.33. The molecule has 1 saturated carbocycles. The predicted molar refractivity (Wildman–Crippen MR) is 70.0 cm³/mol. The highest BCUT2D eigenvalue weighted by Gasteiger charge is 2.23. The molecule has 0 unspecified atom stereocenters. The second kappa shape index (κ2) is 5.96. The van der Waals surface area contributed by atoms with Crippen LogP contribution in [0.3, 0.4) is 0 Å². The summed E-state index contributed by atoms with van der Waals surface area (Å²) >= 11 is 0. The Balaban J connectivity index is 1.83. The van der Waals surface area contributed by atoms with Crippen LogP contribution >= 0.6 is 0 Å². The van der Waals surface area contributed by atoms with Gasteiger partial charge in [0.05, 0.1) is 18.1 Å². The normalized spacial score (nSPS) is 14.9. The molecule has 0 aliphatic heterocycles. The van der Waals surface area contributed by atoms with Gasteiger partial charge in [-0.15, -0.1) is 0 Å². The third kappa shape index (κ3) is 3.97. The van der Waals surface area contributed by atoms with Gasteiger partial charge in [0.25, 0.3) is 0 Å². The first-order chi connectivity index (χ1) is 8.29. The highest BCUT2D eigenvalue weighted by Crippen LogP contribution is 2.30. The number of nitrogens with zero attached hydrogens (tertiary/aromatic N) is 3. The van der Waals surface area contributed by atoms with Crippen LogP contribution in [0.5, 0.6) is 0 Å². The summed E-state index contributed by atoms with van der Waals surface area (Å²) in [7, 11) is 2.09. The maximum absolute atomic E-state index is 4.46. The first-order valence-electron chi connectivity index (χ1n) is 6.52. The summed E-state index contributed by atoms with van der Waals surface area (Å²) in [4.78, 5) is 11.1. The molecule has 4 heteroatoms. The van der Waals surface area contributed by atoms with Crippen LogP contribution in [-0.4, -0.2) is 30.1 Å². The van der Waals surface area contributed by atoms with E-state index in [2.05, 4.69) is 34.2 Å². The third-order valence-electron chi connectivity index (χ3n) is 3.04. The predicted octanol–water partition coefficient (Wildman–Crippen LogP) is 1.82. The molecule has 1 fully saturated rings. The minimum atomic E-state index is 0.813. The van der Waals surface area contributed by atoms with Gasteiger partial charge < -0.3 is 10.2 Å². The summed E-state index contributed by atoms with van der Waals surface area (Å²) < 4.78 is 0. The minimum absolute atomic E-state index is 0.813. The van der Waals surface area contributed by atoms with Crippen LogP contribution in [0.2, 0.25) is 0 Å². The average molecular weight is 234 g/mol. The van der Waals surface area contributed by atoms with Crippen molar-refractivity contribution in [3.05, 3.63) is 18.1 Å². The van der Waals surface area contributed by atoms with Gasteiger partial charge >= 0.3 is 0 Å². The van der Waals surface area contributed by atoms with Crippen molar-refractivity contribution in [2.75, 3.05) is 25.0 Å². The molecule has 2 rings (SSSR count). The molecule has 0 spiro atoms. The summed E-state index contributed by atoms with van der Waals surface area (Å²) in [5.74, 6) is 1.86. The van der Waals surface area contributed by atoms with E-state index in [9.17, 15) is 0 Å². The Bertz CT molecular complexity index is 332. The van der Waals surface area contributed by atoms with Gasteiger partial charge in [0.1, 0.15) is 5.82 Å². The van der Waals surface area contributed by atoms with Crippen LogP contribution in [0, 0.1) is 5.92 Å². The molecule has 0 atom stereocenters. The minimum Gasteiger partial charge on any atom is -0.358 e. The monoisotopic (exact) mass is 234 g/mol. The zero-order valence-corrected chi connectivity index (χ0v) is 10.8. The van der Waals surface area contributed by atoms with Gasteiger partial charge in [0, 0.05) is 20.1 Å².